The van der Waals surface area contributed by atoms with Crippen LogP contribution in [0.2, 0.25) is 0 Å². The number of hydrogen-bond donors (Lipinski definition) is 1. The maximum atomic E-state index is 10.7. The summed E-state index contributed by atoms with van der Waals surface area (Å²) in [7, 11) is 0. The predicted octanol–water partition coefficient (Wildman–Crippen LogP) is 2.96. The quantitative estimate of drug-likeness (QED) is 0.457. The Bertz CT molecular complexity index is 636. The highest BCUT2D eigenvalue weighted by atomic mass is 16.6. The summed E-state index contributed by atoms with van der Waals surface area (Å²) in [6.45, 7) is 2.28. The Labute approximate surface area is 121 Å². The number of nitro benzene ring substituents is 1. The summed E-state index contributed by atoms with van der Waals surface area (Å²) in [5.41, 5.74) is 1.03. The number of anilines is 1. The Morgan fingerprint density at radius 1 is 1.48 bits per heavy atom. The van der Waals surface area contributed by atoms with E-state index in [2.05, 4.69) is 10.3 Å². The van der Waals surface area contributed by atoms with Crippen LogP contribution in [-0.2, 0) is 4.74 Å². The number of benzene rings is 1. The Morgan fingerprint density at radius 3 is 3.10 bits per heavy atom. The second kappa shape index (κ2) is 6.09. The number of hydrogen-bond acceptors (Lipinski definition) is 6. The highest BCUT2D eigenvalue weighted by Gasteiger charge is 2.20. The van der Waals surface area contributed by atoms with Gasteiger partial charge in [-0.25, -0.2) is 0 Å². The summed E-state index contributed by atoms with van der Waals surface area (Å²) in [5.74, 6) is 0.783. The first kappa shape index (κ1) is 13.8. The number of rotatable bonds is 8. The average Bonchev–Trinajstić information content (AvgIpc) is 3.19. The van der Waals surface area contributed by atoms with Gasteiger partial charge in [0.1, 0.15) is 5.52 Å². The maximum Gasteiger partial charge on any atom is 0.295 e. The van der Waals surface area contributed by atoms with Crippen LogP contribution in [0.5, 0.6) is 0 Å². The van der Waals surface area contributed by atoms with Gasteiger partial charge >= 0.3 is 0 Å². The fourth-order valence-corrected chi connectivity index (χ4v) is 2.01. The second-order valence-electron chi connectivity index (χ2n) is 5.23. The van der Waals surface area contributed by atoms with E-state index in [1.807, 2.05) is 0 Å². The number of ether oxygens (including phenoxy) is 1. The maximum absolute atomic E-state index is 10.7. The summed E-state index contributed by atoms with van der Waals surface area (Å²) in [6, 6.07) is 4.75. The fraction of sp³-hybridized carbons (Fsp3) is 0.500. The van der Waals surface area contributed by atoms with Gasteiger partial charge in [0.25, 0.3) is 11.7 Å². The lowest BCUT2D eigenvalue weighted by Gasteiger charge is -2.03. The smallest absolute Gasteiger partial charge is 0.295 e. The van der Waals surface area contributed by atoms with E-state index in [9.17, 15) is 10.1 Å². The summed E-state index contributed by atoms with van der Waals surface area (Å²) in [5, 5.41) is 13.8. The van der Waals surface area contributed by atoms with Crippen LogP contribution in [0.3, 0.4) is 0 Å². The van der Waals surface area contributed by atoms with Crippen molar-refractivity contribution < 1.29 is 14.1 Å². The lowest BCUT2D eigenvalue weighted by molar-refractivity contribution is -0.384. The van der Waals surface area contributed by atoms with Crippen molar-refractivity contribution in [3.05, 3.63) is 28.3 Å². The van der Waals surface area contributed by atoms with E-state index < -0.39 is 4.92 Å². The molecule has 0 amide bonds. The molecule has 1 N–H and O–H groups in total. The van der Waals surface area contributed by atoms with Crippen LogP contribution in [0.15, 0.2) is 22.6 Å². The van der Waals surface area contributed by atoms with Crippen LogP contribution >= 0.6 is 0 Å². The summed E-state index contributed by atoms with van der Waals surface area (Å²) < 4.78 is 11.0. The van der Waals surface area contributed by atoms with E-state index in [1.165, 1.54) is 25.0 Å². The molecular weight excluding hydrogens is 274 g/mol. The lowest BCUT2D eigenvalue weighted by Crippen LogP contribution is -2.06. The van der Waals surface area contributed by atoms with Crippen LogP contribution in [0.4, 0.5) is 11.7 Å². The standard InChI is InChI=1S/C14H17N3O4/c18-17(19)11-4-5-13-12(8-11)16-14(21-13)15-6-1-7-20-9-10-2-3-10/h4-5,8,10H,1-3,6-7,9H2,(H,15,16). The van der Waals surface area contributed by atoms with Crippen molar-refractivity contribution in [3.8, 4) is 0 Å². The zero-order valence-corrected chi connectivity index (χ0v) is 11.6. The third-order valence-corrected chi connectivity index (χ3v) is 3.37. The third kappa shape index (κ3) is 3.69. The van der Waals surface area contributed by atoms with Gasteiger partial charge in [-0.3, -0.25) is 10.1 Å². The summed E-state index contributed by atoms with van der Waals surface area (Å²) >= 11 is 0. The number of non-ortho nitro benzene ring substituents is 1. The molecule has 0 unspecified atom stereocenters. The van der Waals surface area contributed by atoms with Crippen LogP contribution in [0, 0.1) is 16.0 Å². The molecule has 1 aliphatic rings. The van der Waals surface area contributed by atoms with Gasteiger partial charge < -0.3 is 14.5 Å². The number of oxazole rings is 1. The monoisotopic (exact) mass is 291 g/mol. The average molecular weight is 291 g/mol. The van der Waals surface area contributed by atoms with Crippen molar-refractivity contribution in [2.24, 2.45) is 5.92 Å². The molecule has 0 atom stereocenters. The highest BCUT2D eigenvalue weighted by molar-refractivity contribution is 5.77. The van der Waals surface area contributed by atoms with Crippen molar-refractivity contribution in [1.82, 2.24) is 4.98 Å². The van der Waals surface area contributed by atoms with E-state index in [-0.39, 0.29) is 5.69 Å². The van der Waals surface area contributed by atoms with Crippen molar-refractivity contribution in [1.29, 1.82) is 0 Å². The van der Waals surface area contributed by atoms with E-state index >= 15 is 0 Å². The molecule has 7 nitrogen and oxygen atoms in total. The molecule has 7 heteroatoms. The molecule has 0 spiro atoms. The zero-order chi connectivity index (χ0) is 14.7. The van der Waals surface area contributed by atoms with Crippen LogP contribution < -0.4 is 5.32 Å². The first-order chi connectivity index (χ1) is 10.2. The molecule has 0 bridgehead atoms. The Kier molecular flexibility index (Phi) is 4.01. The molecule has 112 valence electrons. The van der Waals surface area contributed by atoms with E-state index in [1.54, 1.807) is 6.07 Å². The number of nitrogens with zero attached hydrogens (tertiary/aromatic N) is 2. The minimum Gasteiger partial charge on any atom is -0.424 e. The van der Waals surface area contributed by atoms with Gasteiger partial charge in [-0.1, -0.05) is 0 Å². The van der Waals surface area contributed by atoms with Crippen molar-refractivity contribution >= 4 is 22.8 Å². The largest absolute Gasteiger partial charge is 0.424 e. The predicted molar refractivity (Wildman–Crippen MR) is 77.3 cm³/mol. The molecule has 1 saturated carbocycles. The molecule has 2 aromatic rings. The number of nitrogens with one attached hydrogen (secondary N) is 1. The number of fused-ring (bicyclic) bond motifs is 1. The number of aromatic nitrogens is 1. The fourth-order valence-electron chi connectivity index (χ4n) is 2.01. The van der Waals surface area contributed by atoms with Gasteiger partial charge in [0.15, 0.2) is 5.58 Å². The molecule has 1 aromatic heterocycles. The summed E-state index contributed by atoms with van der Waals surface area (Å²) in [4.78, 5) is 14.4. The van der Waals surface area contributed by atoms with Crippen LogP contribution in [0.25, 0.3) is 11.1 Å². The molecular formula is C14H17N3O4. The van der Waals surface area contributed by atoms with Gasteiger partial charge in [0, 0.05) is 31.9 Å². The molecule has 0 aliphatic heterocycles. The molecule has 21 heavy (non-hydrogen) atoms. The first-order valence-corrected chi connectivity index (χ1v) is 7.09. The first-order valence-electron chi connectivity index (χ1n) is 7.09. The molecule has 1 aliphatic carbocycles. The van der Waals surface area contributed by atoms with Crippen molar-refractivity contribution in [3.63, 3.8) is 0 Å². The molecule has 0 saturated heterocycles. The molecule has 1 heterocycles. The molecule has 0 radical (unpaired) electrons. The molecule has 1 aromatic carbocycles. The minimum absolute atomic E-state index is 0.0100. The van der Waals surface area contributed by atoms with Crippen molar-refractivity contribution in [2.45, 2.75) is 19.3 Å². The zero-order valence-electron chi connectivity index (χ0n) is 11.6. The Balaban J connectivity index is 1.48. The highest BCUT2D eigenvalue weighted by Crippen LogP contribution is 2.28. The van der Waals surface area contributed by atoms with E-state index in [0.29, 0.717) is 23.7 Å². The number of nitro groups is 1. The Morgan fingerprint density at radius 2 is 2.33 bits per heavy atom. The third-order valence-electron chi connectivity index (χ3n) is 3.37. The van der Waals surface area contributed by atoms with Gasteiger partial charge in [0.05, 0.1) is 4.92 Å². The van der Waals surface area contributed by atoms with E-state index in [0.717, 1.165) is 25.6 Å². The van der Waals surface area contributed by atoms with Gasteiger partial charge in [-0.2, -0.15) is 4.98 Å². The lowest BCUT2D eigenvalue weighted by atomic mass is 10.3. The summed E-state index contributed by atoms with van der Waals surface area (Å²) in [6.07, 6.45) is 3.46. The Hall–Kier alpha value is -2.15. The normalized spacial score (nSPS) is 14.5. The van der Waals surface area contributed by atoms with E-state index in [4.69, 9.17) is 9.15 Å². The van der Waals surface area contributed by atoms with Crippen molar-refractivity contribution in [2.75, 3.05) is 25.1 Å². The second-order valence-corrected chi connectivity index (χ2v) is 5.23. The van der Waals surface area contributed by atoms with Gasteiger partial charge in [-0.05, 0) is 31.2 Å². The van der Waals surface area contributed by atoms with Gasteiger partial charge in [0.2, 0.25) is 0 Å². The molecule has 3 rings (SSSR count). The topological polar surface area (TPSA) is 90.4 Å². The van der Waals surface area contributed by atoms with Crippen LogP contribution in [0.1, 0.15) is 19.3 Å². The minimum atomic E-state index is -0.446. The molecule has 1 fully saturated rings. The van der Waals surface area contributed by atoms with Gasteiger partial charge in [-0.15, -0.1) is 0 Å². The van der Waals surface area contributed by atoms with Crippen LogP contribution in [-0.4, -0.2) is 29.7 Å². The SMILES string of the molecule is O=[N+]([O-])c1ccc2oc(NCCCOCC3CC3)nc2c1.